The summed E-state index contributed by atoms with van der Waals surface area (Å²) in [5.41, 5.74) is 0.956. The quantitative estimate of drug-likeness (QED) is 0.783. The van der Waals surface area contributed by atoms with Crippen LogP contribution in [0.25, 0.3) is 0 Å². The number of hydrogen-bond donors (Lipinski definition) is 1. The van der Waals surface area contributed by atoms with Gasteiger partial charge in [-0.15, -0.1) is 0 Å². The zero-order valence-electron chi connectivity index (χ0n) is 11.9. The molecule has 2 aliphatic heterocycles. The highest BCUT2D eigenvalue weighted by atomic mass is 79.9. The summed E-state index contributed by atoms with van der Waals surface area (Å²) in [4.78, 5) is 0. The fourth-order valence-electron chi connectivity index (χ4n) is 3.40. The summed E-state index contributed by atoms with van der Waals surface area (Å²) in [6.07, 6.45) is 3.69. The molecule has 0 radical (unpaired) electrons. The van der Waals surface area contributed by atoms with Gasteiger partial charge in [0.2, 0.25) is 0 Å². The molecule has 2 unspecified atom stereocenters. The van der Waals surface area contributed by atoms with Gasteiger partial charge in [-0.25, -0.2) is 0 Å². The van der Waals surface area contributed by atoms with E-state index >= 15 is 0 Å². The van der Waals surface area contributed by atoms with Crippen molar-refractivity contribution < 1.29 is 9.84 Å². The molecule has 0 bridgehead atoms. The maximum atomic E-state index is 10.7. The monoisotopic (exact) mass is 390 g/mol. The van der Waals surface area contributed by atoms with Gasteiger partial charge < -0.3 is 9.84 Å². The van der Waals surface area contributed by atoms with Crippen LogP contribution in [0.1, 0.15) is 37.4 Å². The number of benzene rings is 1. The van der Waals surface area contributed by atoms with Crippen LogP contribution in [0.3, 0.4) is 0 Å². The molecule has 0 saturated carbocycles. The number of thioether (sulfide) groups is 1. The van der Waals surface area contributed by atoms with Crippen molar-refractivity contribution in [2.75, 3.05) is 18.1 Å². The Kier molecular flexibility index (Phi) is 5.22. The number of ether oxygens (including phenoxy) is 1. The molecule has 1 aromatic rings. The largest absolute Gasteiger partial charge is 0.388 e. The van der Waals surface area contributed by atoms with Crippen molar-refractivity contribution in [3.05, 3.63) is 33.3 Å². The first-order chi connectivity index (χ1) is 10.1. The summed E-state index contributed by atoms with van der Waals surface area (Å²) >= 11 is 11.5. The Balaban J connectivity index is 1.74. The first-order valence-corrected chi connectivity index (χ1v) is 9.77. The lowest BCUT2D eigenvalue weighted by atomic mass is 9.78. The lowest BCUT2D eigenvalue weighted by Crippen LogP contribution is -2.44. The number of rotatable bonds is 2. The van der Waals surface area contributed by atoms with Gasteiger partial charge in [-0.2, -0.15) is 11.8 Å². The van der Waals surface area contributed by atoms with Crippen LogP contribution in [0.5, 0.6) is 0 Å². The van der Waals surface area contributed by atoms with Crippen LogP contribution in [0, 0.1) is 5.92 Å². The van der Waals surface area contributed by atoms with Crippen LogP contribution in [0.4, 0.5) is 0 Å². The van der Waals surface area contributed by atoms with Crippen molar-refractivity contribution in [2.45, 2.75) is 37.4 Å². The fourth-order valence-corrected chi connectivity index (χ4v) is 5.15. The molecule has 2 atom stereocenters. The zero-order chi connectivity index (χ0) is 14.9. The third-order valence-electron chi connectivity index (χ3n) is 4.67. The average Bonchev–Trinajstić information content (AvgIpc) is 2.50. The van der Waals surface area contributed by atoms with E-state index in [1.807, 2.05) is 30.0 Å². The Morgan fingerprint density at radius 1 is 1.38 bits per heavy atom. The van der Waals surface area contributed by atoms with E-state index in [2.05, 4.69) is 15.9 Å². The van der Waals surface area contributed by atoms with Crippen LogP contribution in [-0.2, 0) is 4.74 Å². The predicted octanol–water partition coefficient (Wildman–Crippen LogP) is 4.83. The van der Waals surface area contributed by atoms with Crippen molar-refractivity contribution in [3.8, 4) is 0 Å². The smallest absolute Gasteiger partial charge is 0.0820 e. The first-order valence-electron chi connectivity index (χ1n) is 7.44. The molecule has 116 valence electrons. The highest BCUT2D eigenvalue weighted by Crippen LogP contribution is 2.44. The van der Waals surface area contributed by atoms with E-state index < -0.39 is 6.10 Å². The van der Waals surface area contributed by atoms with E-state index in [9.17, 15) is 5.11 Å². The molecule has 1 spiro atoms. The van der Waals surface area contributed by atoms with Crippen LogP contribution >= 0.6 is 39.3 Å². The Morgan fingerprint density at radius 3 is 2.86 bits per heavy atom. The molecule has 0 aliphatic carbocycles. The Labute approximate surface area is 143 Å². The van der Waals surface area contributed by atoms with Crippen molar-refractivity contribution in [2.24, 2.45) is 5.92 Å². The molecule has 1 aromatic carbocycles. The second-order valence-electron chi connectivity index (χ2n) is 6.02. The SMILES string of the molecule is OC(c1ccc(Cl)c(Br)c1)C1CCOC2(CCSCC2)C1. The molecule has 2 heterocycles. The Hall–Kier alpha value is 0.260. The highest BCUT2D eigenvalue weighted by Gasteiger charge is 2.41. The van der Waals surface area contributed by atoms with Crippen molar-refractivity contribution in [1.29, 1.82) is 0 Å². The predicted molar refractivity (Wildman–Crippen MR) is 92.1 cm³/mol. The average molecular weight is 392 g/mol. The first kappa shape index (κ1) is 16.1. The second-order valence-corrected chi connectivity index (χ2v) is 8.50. The van der Waals surface area contributed by atoms with Crippen molar-refractivity contribution in [3.63, 3.8) is 0 Å². The van der Waals surface area contributed by atoms with E-state index in [1.54, 1.807) is 0 Å². The van der Waals surface area contributed by atoms with E-state index in [4.69, 9.17) is 16.3 Å². The van der Waals surface area contributed by atoms with Crippen molar-refractivity contribution in [1.82, 2.24) is 0 Å². The topological polar surface area (TPSA) is 29.5 Å². The van der Waals surface area contributed by atoms with Gasteiger partial charge in [0.1, 0.15) is 0 Å². The van der Waals surface area contributed by atoms with Crippen molar-refractivity contribution >= 4 is 39.3 Å². The van der Waals surface area contributed by atoms with Gasteiger partial charge in [0.25, 0.3) is 0 Å². The maximum Gasteiger partial charge on any atom is 0.0820 e. The Morgan fingerprint density at radius 2 is 2.14 bits per heavy atom. The second kappa shape index (κ2) is 6.79. The summed E-state index contributed by atoms with van der Waals surface area (Å²) in [5.74, 6) is 2.62. The molecule has 0 aromatic heterocycles. The molecule has 1 N–H and O–H groups in total. The minimum Gasteiger partial charge on any atom is -0.388 e. The van der Waals surface area contributed by atoms with Crippen LogP contribution < -0.4 is 0 Å². The summed E-state index contributed by atoms with van der Waals surface area (Å²) in [5, 5.41) is 11.4. The van der Waals surface area contributed by atoms with Gasteiger partial charge in [0.15, 0.2) is 0 Å². The molecular weight excluding hydrogens is 372 g/mol. The van der Waals surface area contributed by atoms with Gasteiger partial charge in [0.05, 0.1) is 16.7 Å². The minimum absolute atomic E-state index is 0.0127. The summed E-state index contributed by atoms with van der Waals surface area (Å²) in [6.45, 7) is 0.765. The maximum absolute atomic E-state index is 10.7. The Bertz CT molecular complexity index is 500. The molecule has 0 amide bonds. The van der Waals surface area contributed by atoms with E-state index in [0.29, 0.717) is 5.02 Å². The molecular formula is C16H20BrClO2S. The number of aliphatic hydroxyl groups is 1. The molecule has 2 saturated heterocycles. The fraction of sp³-hybridized carbons (Fsp3) is 0.625. The van der Waals surface area contributed by atoms with Crippen LogP contribution in [-0.4, -0.2) is 28.8 Å². The summed E-state index contributed by atoms with van der Waals surface area (Å²) in [7, 11) is 0. The minimum atomic E-state index is -0.436. The van der Waals surface area contributed by atoms with Gasteiger partial charge >= 0.3 is 0 Å². The standard InChI is InChI=1S/C16H20BrClO2S/c17-13-9-11(1-2-14(13)18)15(19)12-3-6-20-16(10-12)4-7-21-8-5-16/h1-2,9,12,15,19H,3-8,10H2. The number of aliphatic hydroxyl groups excluding tert-OH is 1. The third kappa shape index (κ3) is 3.61. The summed E-state index contributed by atoms with van der Waals surface area (Å²) < 4.78 is 6.95. The van der Waals surface area contributed by atoms with Gasteiger partial charge in [-0.3, -0.25) is 0 Å². The molecule has 2 fully saturated rings. The lowest BCUT2D eigenvalue weighted by molar-refractivity contribution is -0.121. The lowest BCUT2D eigenvalue weighted by Gasteiger charge is -2.44. The van der Waals surface area contributed by atoms with Gasteiger partial charge in [-0.05, 0) is 76.7 Å². The molecule has 3 rings (SSSR count). The molecule has 2 nitrogen and oxygen atoms in total. The number of hydrogen-bond acceptors (Lipinski definition) is 3. The third-order valence-corrected chi connectivity index (χ3v) is 6.87. The van der Waals surface area contributed by atoms with Crippen LogP contribution in [0.2, 0.25) is 5.02 Å². The molecule has 5 heteroatoms. The summed E-state index contributed by atoms with van der Waals surface area (Å²) in [6, 6.07) is 5.71. The van der Waals surface area contributed by atoms with E-state index in [1.165, 1.54) is 11.5 Å². The van der Waals surface area contributed by atoms with E-state index in [0.717, 1.165) is 42.3 Å². The zero-order valence-corrected chi connectivity index (χ0v) is 15.0. The number of halogens is 2. The highest BCUT2D eigenvalue weighted by molar-refractivity contribution is 9.10. The molecule has 2 aliphatic rings. The normalized spacial score (nSPS) is 26.7. The van der Waals surface area contributed by atoms with Gasteiger partial charge in [-0.1, -0.05) is 17.7 Å². The van der Waals surface area contributed by atoms with Crippen LogP contribution in [0.15, 0.2) is 22.7 Å². The van der Waals surface area contributed by atoms with Gasteiger partial charge in [0, 0.05) is 11.1 Å². The molecule has 21 heavy (non-hydrogen) atoms. The van der Waals surface area contributed by atoms with E-state index in [-0.39, 0.29) is 11.5 Å².